The van der Waals surface area contributed by atoms with Crippen LogP contribution in [0.2, 0.25) is 15.1 Å². The van der Waals surface area contributed by atoms with E-state index < -0.39 is 0 Å². The molecule has 3 aliphatic rings. The van der Waals surface area contributed by atoms with Gasteiger partial charge in [-0.3, -0.25) is 76.1 Å². The van der Waals surface area contributed by atoms with Crippen molar-refractivity contribution >= 4 is 146 Å². The third kappa shape index (κ3) is 40.2. The van der Waals surface area contributed by atoms with Gasteiger partial charge in [-0.15, -0.1) is 0 Å². The van der Waals surface area contributed by atoms with Gasteiger partial charge in [-0.2, -0.15) is 0 Å². The van der Waals surface area contributed by atoms with Crippen LogP contribution >= 0.6 is 34.8 Å². The zero-order valence-electron chi connectivity index (χ0n) is 55.5. The van der Waals surface area contributed by atoms with Crippen LogP contribution in [-0.2, 0) is 94.4 Å². The van der Waals surface area contributed by atoms with Crippen LogP contribution in [0.5, 0.6) is 0 Å². The fraction of sp³-hybridized carbons (Fsp3) is 0.426. The molecule has 0 saturated heterocycles. The fourth-order valence-corrected chi connectivity index (χ4v) is 11.6. The van der Waals surface area contributed by atoms with Crippen LogP contribution in [0.1, 0.15) is 57.8 Å². The van der Waals surface area contributed by atoms with Gasteiger partial charge >= 0.3 is 0 Å². The molecule has 9 rings (SSSR count). The second-order valence-corrected chi connectivity index (χ2v) is 21.8. The quantitative estimate of drug-likeness (QED) is 0.0218. The number of nitrogens with zero attached hydrogens (tertiary/aromatic N) is 6. The normalized spacial score (nSPS) is 16.1. The Labute approximate surface area is 608 Å². The molecular weight excluding hydrogens is 1390 g/mol. The summed E-state index contributed by atoms with van der Waals surface area (Å²) in [6, 6.07) is 25.1. The van der Waals surface area contributed by atoms with Crippen LogP contribution in [0.25, 0.3) is 32.7 Å². The van der Waals surface area contributed by atoms with Gasteiger partial charge in [0.25, 0.3) is 0 Å². The third-order valence-corrected chi connectivity index (χ3v) is 15.2. The summed E-state index contributed by atoms with van der Waals surface area (Å²) in [4.78, 5) is 89.9. The molecule has 3 heterocycles. The summed E-state index contributed by atoms with van der Waals surface area (Å²) in [6.45, 7) is 37.5. The third-order valence-electron chi connectivity index (χ3n) is 14.5. The van der Waals surface area contributed by atoms with Crippen molar-refractivity contribution < 1.29 is 94.4 Å². The minimum atomic E-state index is 0. The smallest absolute Gasteiger partial charge is 0.0737 e. The van der Waals surface area contributed by atoms with E-state index in [4.69, 9.17) is 78.0 Å². The predicted molar refractivity (Wildman–Crippen MR) is 380 cm³/mol. The Morgan fingerprint density at radius 3 is 1.15 bits per heavy atom. The first-order chi connectivity index (χ1) is 42.9. The summed E-state index contributed by atoms with van der Waals surface area (Å²) in [7, 11) is 13.1. The van der Waals surface area contributed by atoms with Crippen molar-refractivity contribution in [2.24, 2.45) is 23.7 Å². The Balaban J connectivity index is -0.000000143. The van der Waals surface area contributed by atoms with Crippen molar-refractivity contribution in [3.05, 3.63) is 129 Å². The topological polar surface area (TPSA) is 262 Å². The Bertz CT molecular complexity index is 2740. The molecule has 3 aromatic carbocycles. The van der Waals surface area contributed by atoms with Gasteiger partial charge in [-0.05, 0) is 184 Å². The second-order valence-electron chi connectivity index (χ2n) is 20.4. The van der Waals surface area contributed by atoms with Crippen LogP contribution < -0.4 is 26.6 Å². The minimum Gasteiger partial charge on any atom is -0.545 e. The molecule has 6 atom stereocenters. The van der Waals surface area contributed by atoms with E-state index in [0.717, 1.165) is 134 Å². The zero-order valence-corrected chi connectivity index (χ0v) is 61.3. The Morgan fingerprint density at radius 2 is 0.745 bits per heavy atom. The summed E-state index contributed by atoms with van der Waals surface area (Å²) >= 11 is 18.1. The van der Waals surface area contributed by atoms with Gasteiger partial charge < -0.3 is 107 Å². The number of hydrogen-bond acceptors (Lipinski definition) is 20. The van der Waals surface area contributed by atoms with Crippen LogP contribution in [0.3, 0.4) is 0 Å². The zero-order chi connectivity index (χ0) is 67.4. The van der Waals surface area contributed by atoms with Gasteiger partial charge in [-0.25, -0.2) is 0 Å². The molecule has 0 aliphatic heterocycles. The maximum absolute atomic E-state index is 7.75. The predicted octanol–water partition coefficient (Wildman–Crippen LogP) is 10.4. The number of aromatic nitrogens is 3. The molecule has 3 radical (unpaired) electrons. The first kappa shape index (κ1) is 107. The SMILES string of the molecule is CN(C)C1CCCC1CNCCNc1ccnc2cc(Cl)ccc12.CN(C)CC1CCCC1CNc1ccnc2cc(Cl)ccc12.CN(C)CC1CCCC1NCCNc1ccnc2cc(Cl)ccc12.[CH-]=O.[CH-]=O.[CH-]=O.[CH-]=O.[CH-]=O.[CH-]=O.[CH-]=O.[CH-]=O.[CH-]=O.[CH3-].[CH3-].[CH3-].[Mn].[Mn].[Mn]. The van der Waals surface area contributed by atoms with Crippen molar-refractivity contribution in [2.75, 3.05) is 111 Å². The number of fused-ring (bicyclic) bond motifs is 3. The average molecular weight is 1480 g/mol. The van der Waals surface area contributed by atoms with Crippen molar-refractivity contribution in [3.8, 4) is 0 Å². The van der Waals surface area contributed by atoms with Gasteiger partial charge in [0.15, 0.2) is 0 Å². The van der Waals surface area contributed by atoms with E-state index in [9.17, 15) is 0 Å². The van der Waals surface area contributed by atoms with Gasteiger partial charge in [0, 0.05) is 176 Å². The van der Waals surface area contributed by atoms with E-state index in [2.05, 4.69) is 172 Å². The number of carbonyl (C=O) groups excluding carboxylic acids is 9. The van der Waals surface area contributed by atoms with E-state index in [0.29, 0.717) is 6.04 Å². The fourth-order valence-electron chi connectivity index (χ4n) is 11.1. The summed E-state index contributed by atoms with van der Waals surface area (Å²) in [5.74, 6) is 3.13. The molecule has 0 amide bonds. The van der Waals surface area contributed by atoms with Crippen molar-refractivity contribution in [1.82, 2.24) is 40.3 Å². The molecule has 0 bridgehead atoms. The van der Waals surface area contributed by atoms with Crippen LogP contribution in [0.4, 0.5) is 17.1 Å². The van der Waals surface area contributed by atoms with E-state index in [-0.39, 0.29) is 73.5 Å². The van der Waals surface area contributed by atoms with Crippen molar-refractivity contribution in [3.63, 3.8) is 0 Å². The van der Waals surface area contributed by atoms with Gasteiger partial charge in [-0.1, -0.05) is 54.1 Å². The Morgan fingerprint density at radius 1 is 0.404 bits per heavy atom. The molecule has 3 aromatic heterocycles. The Kier molecular flexibility index (Phi) is 78.6. The maximum atomic E-state index is 7.75. The molecule has 94 heavy (non-hydrogen) atoms. The molecule has 3 fully saturated rings. The number of halogens is 3. The monoisotopic (exact) mass is 1480 g/mol. The molecule has 6 aromatic rings. The molecule has 3 aliphatic carbocycles. The van der Waals surface area contributed by atoms with E-state index in [1.807, 2.05) is 79.3 Å². The Hall–Kier alpha value is -5.45. The van der Waals surface area contributed by atoms with E-state index in [1.165, 1.54) is 70.9 Å². The number of hydrogen-bond donors (Lipinski definition) is 5. The van der Waals surface area contributed by atoms with E-state index >= 15 is 0 Å². The number of anilines is 3. The molecule has 20 nitrogen and oxygen atoms in total. The molecule has 6 unspecified atom stereocenters. The van der Waals surface area contributed by atoms with E-state index in [1.54, 1.807) is 0 Å². The molecule has 531 valence electrons. The molecule has 3 saturated carbocycles. The molecular formula is C68H96Cl3Mn3N11O9-12. The van der Waals surface area contributed by atoms with Gasteiger partial charge in [0.1, 0.15) is 0 Å². The molecule has 26 heteroatoms. The second kappa shape index (κ2) is 68.9. The molecule has 5 N–H and O–H groups in total. The average Bonchev–Trinajstić information content (AvgIpc) is 1.31. The standard InChI is InChI=1S/2C19H27ClN4.C18H24ClN3.9CHO.3CH3.3Mn/c1-24(2)19-5-3-4-14(19)13-21-10-11-23-17-8-9-22-18-12-15(20)6-7-16(17)18;1-24(2)13-14-4-3-5-17(14)22-10-11-23-18-8-9-21-19-12-15(20)6-7-16(18)19;1-22(2)12-14-5-3-4-13(14)11-21-17-8-9-20-18-10-15(19)6-7-16(17)18;9*1-2;;;;;;/h6-9,12,14,19,21H,3-5,10-11,13H2,1-2H3,(H,22,23);6-9,12,14,17,22H,3-5,10-11,13H2,1-2H3,(H,21,23);6-10,13-14H,3-5,11-12H2,1-2H3,(H,20,21);9*1H;3*1H3;;;/q;;;12*-1;;;. The first-order valence-electron chi connectivity index (χ1n) is 27.8. The summed E-state index contributed by atoms with van der Waals surface area (Å²) in [5.41, 5.74) is 6.22. The summed E-state index contributed by atoms with van der Waals surface area (Å²) in [6.07, 6.45) is 17.6. The van der Waals surface area contributed by atoms with Crippen LogP contribution in [-0.4, -0.2) is 197 Å². The maximum Gasteiger partial charge on any atom is 0.0737 e. The largest absolute Gasteiger partial charge is 0.545 e. The van der Waals surface area contributed by atoms with Crippen LogP contribution in [0.15, 0.2) is 91.4 Å². The number of benzene rings is 3. The minimum absolute atomic E-state index is 0. The first-order valence-corrected chi connectivity index (χ1v) is 28.9. The van der Waals surface area contributed by atoms with Gasteiger partial charge in [0.05, 0.1) is 16.6 Å². The molecule has 0 spiro atoms. The van der Waals surface area contributed by atoms with Crippen LogP contribution in [0, 0.1) is 46.0 Å². The number of rotatable bonds is 19. The number of nitrogens with one attached hydrogen (secondary N) is 5. The van der Waals surface area contributed by atoms with Gasteiger partial charge in [0.2, 0.25) is 0 Å². The summed E-state index contributed by atoms with van der Waals surface area (Å²) < 4.78 is 0. The van der Waals surface area contributed by atoms with Crippen molar-refractivity contribution in [2.45, 2.75) is 69.9 Å². The summed E-state index contributed by atoms with van der Waals surface area (Å²) in [5, 5.41) is 23.6. The number of pyridine rings is 3. The van der Waals surface area contributed by atoms with Crippen molar-refractivity contribution in [1.29, 1.82) is 0 Å².